The van der Waals surface area contributed by atoms with Crippen molar-refractivity contribution >= 4 is 11.4 Å². The summed E-state index contributed by atoms with van der Waals surface area (Å²) in [5.41, 5.74) is 24.5. The fourth-order valence-electron chi connectivity index (χ4n) is 19.9. The first-order valence-electron chi connectivity index (χ1n) is 59.6. The minimum atomic E-state index is 0.933. The summed E-state index contributed by atoms with van der Waals surface area (Å²) in [5.74, 6) is 14.5. The van der Waals surface area contributed by atoms with Crippen LogP contribution in [-0.2, 0) is 30.8 Å². The van der Waals surface area contributed by atoms with Crippen molar-refractivity contribution in [2.24, 2.45) is 0 Å². The molecule has 129 heavy (non-hydrogen) atoms. The Morgan fingerprint density at radius 3 is 0.581 bits per heavy atom. The quantitative estimate of drug-likeness (QED) is 0.0273. The van der Waals surface area contributed by atoms with E-state index in [9.17, 15) is 5.53 Å². The molecule has 1 aliphatic heterocycles. The van der Waals surface area contributed by atoms with Gasteiger partial charge in [0.25, 0.3) is 0 Å². The Kier molecular flexibility index (Phi) is 94.6. The normalized spacial score (nSPS) is 12.2. The number of aryl methyl sites for hydroxylation is 2. The molecule has 2 aromatic rings. The van der Waals surface area contributed by atoms with Gasteiger partial charge in [0.2, 0.25) is 11.4 Å². The molecule has 1 aliphatic rings. The van der Waals surface area contributed by atoms with E-state index in [4.69, 9.17) is 0 Å². The van der Waals surface area contributed by atoms with Gasteiger partial charge in [-0.05, 0) is 106 Å². The van der Waals surface area contributed by atoms with Gasteiger partial charge in [-0.25, -0.2) is 4.70 Å². The van der Waals surface area contributed by atoms with E-state index in [0.29, 0.717) is 0 Å². The molecule has 1 heterocycles. The summed E-state index contributed by atoms with van der Waals surface area (Å²) in [7, 11) is 0. The average molecular weight is 1880 g/mol. The van der Waals surface area contributed by atoms with E-state index < -0.39 is 0 Å². The molecule has 0 atom stereocenters. The number of nitrogens with zero attached hydrogens (tertiary/aromatic N) is 2. The van der Waals surface area contributed by atoms with Gasteiger partial charge in [0.1, 0.15) is 0 Å². The van der Waals surface area contributed by atoms with Gasteiger partial charge in [-0.1, -0.05) is 483 Å². The average Bonchev–Trinajstić information content (AvgIpc) is 1.60. The van der Waals surface area contributed by atoms with Gasteiger partial charge in [0.15, 0.2) is 0 Å². The SMILES string of the molecule is CCCCCCCCCCCCCCCCCCCCCCCCC#Cc1cc(C#CCCCCCCCCCCCCCCCCCCCCCCCC)cc(C2=C(CCCC)C(CCCC)=C(c3cc(CCCC)cc(CCCC)c3)[N+]2=[N-])c1.CCCCCCCCCCCCCCCCCCCC[CH2][Pd][CH2]CCCCCCCCCCCCCCCCCCCC. The molecule has 0 bridgehead atoms. The van der Waals surface area contributed by atoms with Gasteiger partial charge >= 0.3 is 169 Å². The fraction of sp³-hybridized carbons (Fsp3) is 0.841. The van der Waals surface area contributed by atoms with Gasteiger partial charge in [-0.15, -0.1) is 0 Å². The van der Waals surface area contributed by atoms with Crippen molar-refractivity contribution in [3.63, 3.8) is 0 Å². The molecule has 3 heteroatoms. The van der Waals surface area contributed by atoms with Gasteiger partial charge in [-0.3, -0.25) is 0 Å². The minimum absolute atomic E-state index is 0.933. The Bertz CT molecular complexity index is 2750. The zero-order chi connectivity index (χ0) is 92.4. The Morgan fingerprint density at radius 2 is 0.372 bits per heavy atom. The van der Waals surface area contributed by atoms with Crippen molar-refractivity contribution in [2.75, 3.05) is 0 Å². The number of benzene rings is 2. The molecule has 0 saturated carbocycles. The Labute approximate surface area is 819 Å². The van der Waals surface area contributed by atoms with Crippen LogP contribution in [0.15, 0.2) is 47.5 Å². The van der Waals surface area contributed by atoms with E-state index in [0.717, 1.165) is 110 Å². The number of rotatable bonds is 98. The first kappa shape index (κ1) is 122. The summed E-state index contributed by atoms with van der Waals surface area (Å²) in [4.78, 5) is 3.10. The van der Waals surface area contributed by atoms with Crippen LogP contribution in [0.3, 0.4) is 0 Å². The molecule has 2 nitrogen and oxygen atoms in total. The van der Waals surface area contributed by atoms with Crippen LogP contribution in [0.25, 0.3) is 16.9 Å². The van der Waals surface area contributed by atoms with Crippen LogP contribution < -0.4 is 0 Å². The molecule has 0 radical (unpaired) electrons. The molecule has 3 rings (SSSR count). The third-order valence-electron chi connectivity index (χ3n) is 28.5. The number of hydrogen-bond acceptors (Lipinski definition) is 0. The van der Waals surface area contributed by atoms with Crippen molar-refractivity contribution in [1.82, 2.24) is 0 Å². The molecule has 0 N–H and O–H groups in total. The molecule has 750 valence electrons. The number of hydrogen-bond donors (Lipinski definition) is 0. The second-order valence-corrected chi connectivity index (χ2v) is 43.7. The molecular formula is C126H226N2Pd. The van der Waals surface area contributed by atoms with E-state index in [1.807, 2.05) is 0 Å². The topological polar surface area (TPSA) is 25.3 Å². The molecule has 0 aliphatic carbocycles. The van der Waals surface area contributed by atoms with E-state index in [-0.39, 0.29) is 0 Å². The predicted molar refractivity (Wildman–Crippen MR) is 581 cm³/mol. The van der Waals surface area contributed by atoms with Crippen LogP contribution in [0.4, 0.5) is 0 Å². The summed E-state index contributed by atoms with van der Waals surface area (Å²) < 4.78 is 1.61. The zero-order valence-corrected chi connectivity index (χ0v) is 90.5. The molecule has 0 spiro atoms. The van der Waals surface area contributed by atoms with Crippen molar-refractivity contribution in [3.8, 4) is 23.7 Å². The first-order chi connectivity index (χ1) is 63.9. The number of allylic oxidation sites excluding steroid dienone is 2. The summed E-state index contributed by atoms with van der Waals surface area (Å²) in [6.45, 7) is 18.4. The van der Waals surface area contributed by atoms with Crippen LogP contribution in [0.5, 0.6) is 0 Å². The molecule has 0 saturated heterocycles. The van der Waals surface area contributed by atoms with Gasteiger partial charge in [-0.2, -0.15) is 0 Å². The van der Waals surface area contributed by atoms with Gasteiger partial charge < -0.3 is 5.53 Å². The van der Waals surface area contributed by atoms with Crippen molar-refractivity contribution in [3.05, 3.63) is 86.5 Å². The second-order valence-electron chi connectivity index (χ2n) is 41.4. The van der Waals surface area contributed by atoms with Crippen LogP contribution >= 0.6 is 0 Å². The van der Waals surface area contributed by atoms with Crippen molar-refractivity contribution in [2.45, 2.75) is 682 Å². The van der Waals surface area contributed by atoms with E-state index in [2.05, 4.69) is 115 Å². The summed E-state index contributed by atoms with van der Waals surface area (Å²) in [6.07, 6.45) is 134. The second kappa shape index (κ2) is 99.8. The van der Waals surface area contributed by atoms with Crippen LogP contribution in [0.1, 0.15) is 692 Å². The molecule has 2 aromatic carbocycles. The molecule has 0 fully saturated rings. The Balaban J connectivity index is 0.00000110. The van der Waals surface area contributed by atoms with Crippen LogP contribution in [0, 0.1) is 23.7 Å². The molecule has 0 unspecified atom stereocenters. The predicted octanol–water partition coefficient (Wildman–Crippen LogP) is 45.4. The van der Waals surface area contributed by atoms with E-state index in [1.165, 1.54) is 580 Å². The molecule has 0 amide bonds. The van der Waals surface area contributed by atoms with Crippen molar-refractivity contribution < 1.29 is 22.7 Å². The summed E-state index contributed by atoms with van der Waals surface area (Å²) >= 11 is 1.06. The number of unbranched alkanes of at least 4 members (excludes halogenated alkanes) is 84. The van der Waals surface area contributed by atoms with Crippen LogP contribution in [-0.4, -0.2) is 4.70 Å². The van der Waals surface area contributed by atoms with Gasteiger partial charge in [0.05, 0.1) is 0 Å². The summed E-state index contributed by atoms with van der Waals surface area (Å²) in [6, 6.07) is 14.0. The molecule has 0 aromatic heterocycles. The first-order valence-corrected chi connectivity index (χ1v) is 61.8. The third kappa shape index (κ3) is 77.0. The maximum atomic E-state index is 12.8. The van der Waals surface area contributed by atoms with Gasteiger partial charge in [0, 0.05) is 46.2 Å². The fourth-order valence-corrected chi connectivity index (χ4v) is 21.8. The smallest absolute Gasteiger partial charge is 0.0654 e. The van der Waals surface area contributed by atoms with Crippen LogP contribution in [0.2, 0.25) is 9.79 Å². The molecular weight excluding hydrogens is 1650 g/mol. The minimum Gasteiger partial charge on any atom is -0.0654 e. The third-order valence-corrected chi connectivity index (χ3v) is 30.7. The Hall–Kier alpha value is -2.70. The zero-order valence-electron chi connectivity index (χ0n) is 89.0. The van der Waals surface area contributed by atoms with E-state index in [1.54, 1.807) is 14.5 Å². The van der Waals surface area contributed by atoms with Crippen molar-refractivity contribution in [1.29, 1.82) is 0 Å². The summed E-state index contributed by atoms with van der Waals surface area (Å²) in [5, 5.41) is 0. The standard InChI is InChI=1S/C84H140N2.2C21H43.Pd/c1-7-13-19-21-23-25-27-29-31-33-35-37-39-41-43-45-47-49-51-53-55-57-59-61-65-77-70-78(66-62-60-58-56-54-52-50-48-46-44-42-40-38-36-34-32-30-28-26-24-22-20-14-8-2)74-80(73-77)84-82(68-18-12-6)81(67-17-11-5)83(86(84)85)79-71-75(63-15-9-3)69-76(72-79)64-16-10-4;2*1-3-5-7-9-11-13-15-17-19-21-20-18-16-14-12-10-8-6-4-2;/h69-74H,7-60,63-64,67-68H2,1-6H3;2*1,3-21H2,2H3;. The maximum absolute atomic E-state index is 12.8. The monoisotopic (exact) mass is 1870 g/mol. The van der Waals surface area contributed by atoms with E-state index >= 15 is 0 Å². The Morgan fingerprint density at radius 1 is 0.194 bits per heavy atom.